The first-order valence-corrected chi connectivity index (χ1v) is 8.58. The lowest BCUT2D eigenvalue weighted by atomic mass is 10.0. The molecule has 1 unspecified atom stereocenters. The minimum absolute atomic E-state index is 0.0861. The van der Waals surface area contributed by atoms with Gasteiger partial charge in [0.25, 0.3) is 11.8 Å². The highest BCUT2D eigenvalue weighted by Gasteiger charge is 2.27. The van der Waals surface area contributed by atoms with Gasteiger partial charge >= 0.3 is 0 Å². The Balaban J connectivity index is 1.89. The van der Waals surface area contributed by atoms with Crippen molar-refractivity contribution < 1.29 is 14.4 Å². The van der Waals surface area contributed by atoms with Crippen molar-refractivity contribution in [2.75, 3.05) is 0 Å². The Labute approximate surface area is 165 Å². The molecule has 144 valence electrons. The number of Topliss-reactive ketones (excluding diaryl/α,β-unsaturated/α-hetero) is 1. The van der Waals surface area contributed by atoms with E-state index in [9.17, 15) is 19.6 Å². The third kappa shape index (κ3) is 4.33. The van der Waals surface area contributed by atoms with Crippen LogP contribution in [0.2, 0.25) is 0 Å². The second kappa shape index (κ2) is 8.58. The average molecular weight is 388 g/mol. The first-order chi connectivity index (χ1) is 14.0. The number of nitriles is 1. The van der Waals surface area contributed by atoms with Crippen LogP contribution in [0, 0.1) is 11.3 Å². The van der Waals surface area contributed by atoms with E-state index in [-0.39, 0.29) is 17.7 Å². The fourth-order valence-corrected chi connectivity index (χ4v) is 2.79. The molecule has 0 aliphatic rings. The van der Waals surface area contributed by atoms with E-state index in [2.05, 4.69) is 15.4 Å². The number of primary amides is 1. The maximum Gasteiger partial charge on any atom is 0.287 e. The molecule has 29 heavy (non-hydrogen) atoms. The Kier molecular flexibility index (Phi) is 5.75. The molecule has 0 spiro atoms. The van der Waals surface area contributed by atoms with Gasteiger partial charge in [-0.05, 0) is 17.7 Å². The number of hydrogen-bond donors (Lipinski definition) is 2. The number of hydrogen-bond acceptors (Lipinski definition) is 6. The number of carbonyl (C=O) groups excluding carboxylic acids is 3. The fraction of sp³-hybridized carbons (Fsp3) is 0.100. The molecule has 9 nitrogen and oxygen atoms in total. The molecule has 1 atom stereocenters. The molecule has 3 N–H and O–H groups in total. The highest BCUT2D eigenvalue weighted by Crippen LogP contribution is 2.15. The topological polar surface area (TPSA) is 144 Å². The third-order valence-electron chi connectivity index (χ3n) is 4.17. The number of pyridine rings is 1. The molecule has 9 heteroatoms. The summed E-state index contributed by atoms with van der Waals surface area (Å²) in [5, 5.41) is 15.9. The number of nitrogens with one attached hydrogen (secondary N) is 1. The van der Waals surface area contributed by atoms with Crippen LogP contribution < -0.4 is 11.1 Å². The second-order valence-corrected chi connectivity index (χ2v) is 6.08. The van der Waals surface area contributed by atoms with Crippen molar-refractivity contribution in [3.05, 3.63) is 77.9 Å². The summed E-state index contributed by atoms with van der Waals surface area (Å²) in [6, 6.07) is 12.7. The number of ketones is 1. The van der Waals surface area contributed by atoms with Gasteiger partial charge in [0.05, 0.1) is 17.4 Å². The van der Waals surface area contributed by atoms with Crippen LogP contribution in [0.25, 0.3) is 5.69 Å². The van der Waals surface area contributed by atoms with Gasteiger partial charge in [0.2, 0.25) is 5.78 Å². The van der Waals surface area contributed by atoms with E-state index in [1.165, 1.54) is 29.3 Å². The van der Waals surface area contributed by atoms with Crippen molar-refractivity contribution in [3.63, 3.8) is 0 Å². The molecule has 2 amide bonds. The largest absolute Gasteiger partial charge is 0.363 e. The first-order valence-electron chi connectivity index (χ1n) is 8.58. The molecule has 0 fully saturated rings. The Hall–Kier alpha value is -4.32. The minimum atomic E-state index is -1.14. The van der Waals surface area contributed by atoms with Gasteiger partial charge in [-0.1, -0.05) is 30.3 Å². The van der Waals surface area contributed by atoms with E-state index in [1.807, 2.05) is 12.1 Å². The van der Waals surface area contributed by atoms with Crippen molar-refractivity contribution in [2.45, 2.75) is 12.5 Å². The zero-order valence-corrected chi connectivity index (χ0v) is 15.1. The molecule has 3 aromatic rings. The third-order valence-corrected chi connectivity index (χ3v) is 4.17. The van der Waals surface area contributed by atoms with Crippen LogP contribution in [0.1, 0.15) is 21.6 Å². The SMILES string of the molecule is N#Cc1cnccc1-n1nccc1C(=O)NC(Cc1ccccc1)C(=O)C(N)=O. The lowest BCUT2D eigenvalue weighted by Gasteiger charge is -2.17. The van der Waals surface area contributed by atoms with Crippen LogP contribution in [0.15, 0.2) is 61.1 Å². The van der Waals surface area contributed by atoms with Crippen LogP contribution >= 0.6 is 0 Å². The molecule has 2 aromatic heterocycles. The molecule has 0 radical (unpaired) electrons. The summed E-state index contributed by atoms with van der Waals surface area (Å²) < 4.78 is 1.27. The Morgan fingerprint density at radius 1 is 1.14 bits per heavy atom. The van der Waals surface area contributed by atoms with Gasteiger partial charge in [-0.15, -0.1) is 0 Å². The maximum atomic E-state index is 12.9. The predicted molar refractivity (Wildman–Crippen MR) is 102 cm³/mol. The van der Waals surface area contributed by atoms with Crippen LogP contribution in [0.5, 0.6) is 0 Å². The zero-order chi connectivity index (χ0) is 20.8. The van der Waals surface area contributed by atoms with E-state index in [1.54, 1.807) is 30.3 Å². The molecule has 0 aliphatic carbocycles. The minimum Gasteiger partial charge on any atom is -0.363 e. The van der Waals surface area contributed by atoms with Crippen LogP contribution in [0.3, 0.4) is 0 Å². The first kappa shape index (κ1) is 19.4. The second-order valence-electron chi connectivity index (χ2n) is 6.08. The summed E-state index contributed by atoms with van der Waals surface area (Å²) in [6.45, 7) is 0. The van der Waals surface area contributed by atoms with Crippen LogP contribution in [0.4, 0.5) is 0 Å². The standard InChI is InChI=1S/C20H16N6O3/c21-11-14-12-23-8-6-16(14)26-17(7-9-24-26)20(29)25-15(18(27)19(22)28)10-13-4-2-1-3-5-13/h1-9,12,15H,10H2,(H2,22,28)(H,25,29). The molecule has 3 rings (SSSR count). The monoisotopic (exact) mass is 388 g/mol. The lowest BCUT2D eigenvalue weighted by molar-refractivity contribution is -0.137. The molecular weight excluding hydrogens is 372 g/mol. The molecule has 0 bridgehead atoms. The number of amides is 2. The van der Waals surface area contributed by atoms with Crippen molar-refractivity contribution in [1.29, 1.82) is 5.26 Å². The van der Waals surface area contributed by atoms with Crippen molar-refractivity contribution >= 4 is 17.6 Å². The van der Waals surface area contributed by atoms with E-state index < -0.39 is 23.6 Å². The van der Waals surface area contributed by atoms with Crippen LogP contribution in [-0.4, -0.2) is 38.4 Å². The number of nitrogens with two attached hydrogens (primary N) is 1. The van der Waals surface area contributed by atoms with E-state index >= 15 is 0 Å². The number of aromatic nitrogens is 3. The Morgan fingerprint density at radius 2 is 1.90 bits per heavy atom. The van der Waals surface area contributed by atoms with Crippen molar-refractivity contribution in [1.82, 2.24) is 20.1 Å². The number of carbonyl (C=O) groups is 3. The van der Waals surface area contributed by atoms with Gasteiger partial charge in [0.15, 0.2) is 0 Å². The molecule has 0 aliphatic heterocycles. The van der Waals surface area contributed by atoms with Crippen LogP contribution in [-0.2, 0) is 16.0 Å². The van der Waals surface area contributed by atoms with E-state index in [0.29, 0.717) is 5.69 Å². The van der Waals surface area contributed by atoms with Gasteiger partial charge in [-0.25, -0.2) is 4.68 Å². The van der Waals surface area contributed by atoms with Crippen molar-refractivity contribution in [3.8, 4) is 11.8 Å². The van der Waals surface area contributed by atoms with Gasteiger partial charge in [0, 0.05) is 18.8 Å². The molecule has 0 saturated heterocycles. The van der Waals surface area contributed by atoms with Gasteiger partial charge in [-0.2, -0.15) is 10.4 Å². The zero-order valence-electron chi connectivity index (χ0n) is 15.1. The van der Waals surface area contributed by atoms with Crippen molar-refractivity contribution in [2.24, 2.45) is 5.73 Å². The maximum absolute atomic E-state index is 12.9. The number of nitrogens with zero attached hydrogens (tertiary/aromatic N) is 4. The Morgan fingerprint density at radius 3 is 2.59 bits per heavy atom. The average Bonchev–Trinajstić information content (AvgIpc) is 3.23. The summed E-state index contributed by atoms with van der Waals surface area (Å²) in [6.07, 6.45) is 4.31. The highest BCUT2D eigenvalue weighted by molar-refractivity contribution is 6.38. The van der Waals surface area contributed by atoms with E-state index in [4.69, 9.17) is 5.73 Å². The summed E-state index contributed by atoms with van der Waals surface area (Å²) in [5.41, 5.74) is 6.56. The lowest BCUT2D eigenvalue weighted by Crippen LogP contribution is -2.47. The molecule has 0 saturated carbocycles. The predicted octanol–water partition coefficient (Wildman–Crippen LogP) is 0.534. The van der Waals surface area contributed by atoms with Gasteiger partial charge in [0.1, 0.15) is 17.8 Å². The smallest absolute Gasteiger partial charge is 0.287 e. The molecular formula is C20H16N6O3. The van der Waals surface area contributed by atoms with E-state index in [0.717, 1.165) is 5.56 Å². The fourth-order valence-electron chi connectivity index (χ4n) is 2.79. The molecule has 1 aromatic carbocycles. The Bertz CT molecular complexity index is 1100. The van der Waals surface area contributed by atoms with Gasteiger partial charge in [-0.3, -0.25) is 19.4 Å². The summed E-state index contributed by atoms with van der Waals surface area (Å²) in [5.74, 6) is -2.69. The summed E-state index contributed by atoms with van der Waals surface area (Å²) in [7, 11) is 0. The summed E-state index contributed by atoms with van der Waals surface area (Å²) >= 11 is 0. The summed E-state index contributed by atoms with van der Waals surface area (Å²) in [4.78, 5) is 40.4. The normalized spacial score (nSPS) is 11.3. The molecule has 2 heterocycles. The number of rotatable bonds is 7. The quantitative estimate of drug-likeness (QED) is 0.565. The highest BCUT2D eigenvalue weighted by atomic mass is 16.2. The van der Waals surface area contributed by atoms with Gasteiger partial charge < -0.3 is 11.1 Å². The number of benzene rings is 1.